The van der Waals surface area contributed by atoms with Gasteiger partial charge in [-0.3, -0.25) is 4.79 Å². The van der Waals surface area contributed by atoms with E-state index in [4.69, 9.17) is 0 Å². The fourth-order valence-corrected chi connectivity index (χ4v) is 2.12. The molecule has 0 atom stereocenters. The van der Waals surface area contributed by atoms with Crippen LogP contribution in [0.2, 0.25) is 0 Å². The second-order valence-electron chi connectivity index (χ2n) is 5.00. The number of nitrogens with one attached hydrogen (secondary N) is 2. The molecule has 0 aliphatic rings. The van der Waals surface area contributed by atoms with Crippen LogP contribution >= 0.6 is 0 Å². The van der Waals surface area contributed by atoms with Gasteiger partial charge in [0, 0.05) is 12.7 Å². The molecule has 1 amide bonds. The molecule has 0 aliphatic carbocycles. The van der Waals surface area contributed by atoms with Crippen molar-refractivity contribution in [2.24, 2.45) is 0 Å². The number of para-hydroxylation sites is 1. The molecule has 2 rings (SSSR count). The number of carbonyl (C=O) groups excluding carboxylic acids is 1. The number of amides is 1. The number of hydrogen-bond acceptors (Lipinski definition) is 3. The van der Waals surface area contributed by atoms with Gasteiger partial charge in [0.05, 0.1) is 11.8 Å². The molecule has 2 N–H and O–H groups in total. The van der Waals surface area contributed by atoms with Crippen LogP contribution in [-0.2, 0) is 0 Å². The van der Waals surface area contributed by atoms with Crippen LogP contribution in [0.15, 0.2) is 36.5 Å². The van der Waals surface area contributed by atoms with Gasteiger partial charge in [0.25, 0.3) is 5.91 Å². The average Bonchev–Trinajstić information content (AvgIpc) is 2.47. The first-order valence-electron chi connectivity index (χ1n) is 6.76. The van der Waals surface area contributed by atoms with Crippen molar-refractivity contribution in [3.05, 3.63) is 53.5 Å². The summed E-state index contributed by atoms with van der Waals surface area (Å²) in [6.07, 6.45) is 1.07. The SMILES string of the molecule is CNc1ncc(F)cc1C(=O)Nc1ccccc1C(C)C. The molecule has 5 heteroatoms. The highest BCUT2D eigenvalue weighted by molar-refractivity contribution is 6.07. The Morgan fingerprint density at radius 3 is 2.67 bits per heavy atom. The molecular formula is C16H18FN3O. The minimum absolute atomic E-state index is 0.177. The van der Waals surface area contributed by atoms with E-state index in [1.165, 1.54) is 6.07 Å². The van der Waals surface area contributed by atoms with E-state index in [-0.39, 0.29) is 17.4 Å². The predicted molar refractivity (Wildman–Crippen MR) is 82.2 cm³/mol. The lowest BCUT2D eigenvalue weighted by Gasteiger charge is -2.14. The number of hydrogen-bond donors (Lipinski definition) is 2. The van der Waals surface area contributed by atoms with Gasteiger partial charge in [0.15, 0.2) is 0 Å². The molecule has 0 unspecified atom stereocenters. The van der Waals surface area contributed by atoms with Crippen LogP contribution in [0.4, 0.5) is 15.9 Å². The number of aromatic nitrogens is 1. The number of pyridine rings is 1. The van der Waals surface area contributed by atoms with Gasteiger partial charge in [0.1, 0.15) is 11.6 Å². The molecule has 4 nitrogen and oxygen atoms in total. The van der Waals surface area contributed by atoms with E-state index in [0.717, 1.165) is 17.4 Å². The van der Waals surface area contributed by atoms with E-state index in [9.17, 15) is 9.18 Å². The monoisotopic (exact) mass is 287 g/mol. The van der Waals surface area contributed by atoms with Crippen LogP contribution < -0.4 is 10.6 Å². The Labute approximate surface area is 123 Å². The fraction of sp³-hybridized carbons (Fsp3) is 0.250. The number of carbonyl (C=O) groups is 1. The minimum atomic E-state index is -0.545. The van der Waals surface area contributed by atoms with E-state index in [0.29, 0.717) is 5.82 Å². The van der Waals surface area contributed by atoms with E-state index >= 15 is 0 Å². The van der Waals surface area contributed by atoms with Crippen molar-refractivity contribution < 1.29 is 9.18 Å². The van der Waals surface area contributed by atoms with Crippen LogP contribution in [0.25, 0.3) is 0 Å². The van der Waals surface area contributed by atoms with Crippen LogP contribution in [0, 0.1) is 5.82 Å². The van der Waals surface area contributed by atoms with Gasteiger partial charge in [0.2, 0.25) is 0 Å². The van der Waals surface area contributed by atoms with Gasteiger partial charge in [-0.1, -0.05) is 32.0 Å². The summed E-state index contributed by atoms with van der Waals surface area (Å²) in [6, 6.07) is 8.74. The van der Waals surface area contributed by atoms with Crippen molar-refractivity contribution in [2.45, 2.75) is 19.8 Å². The standard InChI is InChI=1S/C16H18FN3O/c1-10(2)12-6-4-5-7-14(12)20-16(21)13-8-11(17)9-19-15(13)18-3/h4-10H,1-3H3,(H,18,19)(H,20,21). The van der Waals surface area contributed by atoms with Crippen molar-refractivity contribution >= 4 is 17.4 Å². The molecule has 1 aromatic heterocycles. The van der Waals surface area contributed by atoms with Crippen molar-refractivity contribution in [3.63, 3.8) is 0 Å². The maximum absolute atomic E-state index is 13.3. The zero-order valence-electron chi connectivity index (χ0n) is 12.3. The van der Waals surface area contributed by atoms with Gasteiger partial charge in [-0.15, -0.1) is 0 Å². The lowest BCUT2D eigenvalue weighted by molar-refractivity contribution is 0.102. The maximum atomic E-state index is 13.3. The Morgan fingerprint density at radius 1 is 1.29 bits per heavy atom. The summed E-state index contributed by atoms with van der Waals surface area (Å²) in [4.78, 5) is 16.2. The minimum Gasteiger partial charge on any atom is -0.372 e. The summed E-state index contributed by atoms with van der Waals surface area (Å²) >= 11 is 0. The molecule has 0 aliphatic heterocycles. The highest BCUT2D eigenvalue weighted by Gasteiger charge is 2.15. The van der Waals surface area contributed by atoms with Crippen molar-refractivity contribution in [1.82, 2.24) is 4.98 Å². The molecule has 1 heterocycles. The summed E-state index contributed by atoms with van der Waals surface area (Å²) in [5, 5.41) is 5.61. The molecule has 0 bridgehead atoms. The predicted octanol–water partition coefficient (Wildman–Crippen LogP) is 3.64. The first-order chi connectivity index (χ1) is 10.0. The molecule has 0 spiro atoms. The molecule has 0 saturated heterocycles. The summed E-state index contributed by atoms with van der Waals surface area (Å²) in [7, 11) is 1.64. The maximum Gasteiger partial charge on any atom is 0.259 e. The molecule has 0 saturated carbocycles. The van der Waals surface area contributed by atoms with Gasteiger partial charge >= 0.3 is 0 Å². The number of halogens is 1. The van der Waals surface area contributed by atoms with E-state index in [1.54, 1.807) is 7.05 Å². The first-order valence-corrected chi connectivity index (χ1v) is 6.76. The van der Waals surface area contributed by atoms with Crippen LogP contribution in [-0.4, -0.2) is 17.9 Å². The lowest BCUT2D eigenvalue weighted by Crippen LogP contribution is -2.16. The summed E-state index contributed by atoms with van der Waals surface area (Å²) < 4.78 is 13.3. The Hall–Kier alpha value is -2.43. The average molecular weight is 287 g/mol. The number of anilines is 2. The zero-order chi connectivity index (χ0) is 15.4. The molecule has 0 fully saturated rings. The zero-order valence-corrected chi connectivity index (χ0v) is 12.3. The molecule has 0 radical (unpaired) electrons. The molecule has 2 aromatic rings. The highest BCUT2D eigenvalue weighted by atomic mass is 19.1. The quantitative estimate of drug-likeness (QED) is 0.902. The van der Waals surface area contributed by atoms with E-state index < -0.39 is 5.82 Å². The van der Waals surface area contributed by atoms with Crippen LogP contribution in [0.1, 0.15) is 35.7 Å². The lowest BCUT2D eigenvalue weighted by atomic mass is 10.0. The fourth-order valence-electron chi connectivity index (χ4n) is 2.12. The van der Waals surface area contributed by atoms with Gasteiger partial charge in [-0.05, 0) is 23.6 Å². The van der Waals surface area contributed by atoms with Gasteiger partial charge in [-0.25, -0.2) is 9.37 Å². The Kier molecular flexibility index (Phi) is 4.52. The third-order valence-corrected chi connectivity index (χ3v) is 3.17. The van der Waals surface area contributed by atoms with Crippen molar-refractivity contribution in [1.29, 1.82) is 0 Å². The Morgan fingerprint density at radius 2 is 2.00 bits per heavy atom. The van der Waals surface area contributed by atoms with E-state index in [1.807, 2.05) is 38.1 Å². The first kappa shape index (κ1) is 15.0. The van der Waals surface area contributed by atoms with Crippen molar-refractivity contribution in [2.75, 3.05) is 17.7 Å². The number of rotatable bonds is 4. The highest BCUT2D eigenvalue weighted by Crippen LogP contribution is 2.25. The van der Waals surface area contributed by atoms with Gasteiger partial charge < -0.3 is 10.6 Å². The molecular weight excluding hydrogens is 269 g/mol. The number of nitrogens with zero attached hydrogens (tertiary/aromatic N) is 1. The second-order valence-corrected chi connectivity index (χ2v) is 5.00. The normalized spacial score (nSPS) is 10.5. The smallest absolute Gasteiger partial charge is 0.259 e. The van der Waals surface area contributed by atoms with Crippen LogP contribution in [0.3, 0.4) is 0 Å². The van der Waals surface area contributed by atoms with Gasteiger partial charge in [-0.2, -0.15) is 0 Å². The molecule has 21 heavy (non-hydrogen) atoms. The summed E-state index contributed by atoms with van der Waals surface area (Å²) in [5.74, 6) is -0.317. The van der Waals surface area contributed by atoms with E-state index in [2.05, 4.69) is 15.6 Å². The third kappa shape index (κ3) is 3.37. The summed E-state index contributed by atoms with van der Waals surface area (Å²) in [6.45, 7) is 4.10. The Bertz CT molecular complexity index is 656. The number of benzene rings is 1. The topological polar surface area (TPSA) is 54.0 Å². The molecule has 1 aromatic carbocycles. The third-order valence-electron chi connectivity index (χ3n) is 3.17. The Balaban J connectivity index is 2.33. The largest absolute Gasteiger partial charge is 0.372 e. The van der Waals surface area contributed by atoms with Crippen molar-refractivity contribution in [3.8, 4) is 0 Å². The second kappa shape index (κ2) is 6.35. The molecule has 110 valence electrons. The van der Waals surface area contributed by atoms with Crippen LogP contribution in [0.5, 0.6) is 0 Å². The summed E-state index contributed by atoms with van der Waals surface area (Å²) in [5.41, 5.74) is 1.93.